The van der Waals surface area contributed by atoms with Gasteiger partial charge in [-0.05, 0) is 0 Å². The van der Waals surface area contributed by atoms with Crippen LogP contribution in [0, 0.1) is 6.42 Å². The summed E-state index contributed by atoms with van der Waals surface area (Å²) < 4.78 is 0. The van der Waals surface area contributed by atoms with Gasteiger partial charge in [-0.2, -0.15) is 13.3 Å². The molecule has 0 aromatic rings. The third-order valence-corrected chi connectivity index (χ3v) is 0.786. The molecule has 2 heteroatoms. The minimum absolute atomic E-state index is 0. The van der Waals surface area contributed by atoms with Gasteiger partial charge in [0.2, 0.25) is 0 Å². The third kappa shape index (κ3) is 39.8. The molecule has 0 aliphatic carbocycles. The van der Waals surface area contributed by atoms with Crippen molar-refractivity contribution in [2.45, 2.75) is 20.3 Å². The molecule has 60 valence electrons. The molecule has 0 aromatic heterocycles. The molecule has 1 N–H and O–H groups in total. The molecule has 11 heavy (non-hydrogen) atoms. The maximum Gasteiger partial charge on any atom is 1.00 e. The van der Waals surface area contributed by atoms with Gasteiger partial charge in [0.05, 0.1) is 6.61 Å². The van der Waals surface area contributed by atoms with Crippen LogP contribution in [0.2, 0.25) is 0 Å². The second kappa shape index (κ2) is 22.5. The second-order valence-corrected chi connectivity index (χ2v) is 1.66. The summed E-state index contributed by atoms with van der Waals surface area (Å²) in [5, 5.41) is 8.06. The van der Waals surface area contributed by atoms with Crippen LogP contribution in [0.15, 0.2) is 24.8 Å². The number of unbranched alkanes of at least 4 members (excludes halogenated alkanes) is 1. The normalized spacial score (nSPS) is 7.91. The van der Waals surface area contributed by atoms with Crippen molar-refractivity contribution in [1.29, 1.82) is 0 Å². The van der Waals surface area contributed by atoms with E-state index in [0.29, 0.717) is 0 Å². The number of hydrogen-bond acceptors (Lipinski definition) is 1. The van der Waals surface area contributed by atoms with Crippen molar-refractivity contribution in [1.82, 2.24) is 0 Å². The quantitative estimate of drug-likeness (QED) is 0.320. The number of allylic oxidation sites excluding steroid dienone is 2. The first-order valence-corrected chi connectivity index (χ1v) is 3.49. The first-order chi connectivity index (χ1) is 4.83. The summed E-state index contributed by atoms with van der Waals surface area (Å²) in [7, 11) is 0. The van der Waals surface area contributed by atoms with E-state index in [1.54, 1.807) is 18.2 Å². The first kappa shape index (κ1) is 17.2. The topological polar surface area (TPSA) is 20.2 Å². The van der Waals surface area contributed by atoms with Crippen LogP contribution in [0.1, 0.15) is 20.3 Å². The van der Waals surface area contributed by atoms with Gasteiger partial charge in [0.1, 0.15) is 0 Å². The third-order valence-electron chi connectivity index (χ3n) is 0.786. The van der Waals surface area contributed by atoms with Gasteiger partial charge < -0.3 is 11.5 Å². The maximum absolute atomic E-state index is 8.06. The van der Waals surface area contributed by atoms with Gasteiger partial charge >= 0.3 is 18.9 Å². The van der Waals surface area contributed by atoms with Crippen molar-refractivity contribution >= 4 is 0 Å². The minimum atomic E-state index is 0. The number of rotatable bonds is 3. The maximum atomic E-state index is 8.06. The Morgan fingerprint density at radius 3 is 2.09 bits per heavy atom. The summed E-state index contributed by atoms with van der Waals surface area (Å²) in [6, 6.07) is 0. The first-order valence-electron chi connectivity index (χ1n) is 3.49. The zero-order valence-electron chi connectivity index (χ0n) is 7.88. The molecule has 0 saturated carbocycles. The Morgan fingerprint density at radius 1 is 1.55 bits per heavy atom. The van der Waals surface area contributed by atoms with Crippen molar-refractivity contribution in [3.05, 3.63) is 31.2 Å². The van der Waals surface area contributed by atoms with Crippen LogP contribution in [-0.2, 0) is 0 Å². The van der Waals surface area contributed by atoms with E-state index in [1.165, 1.54) is 6.42 Å². The van der Waals surface area contributed by atoms with Crippen LogP contribution in [0.5, 0.6) is 0 Å². The predicted molar refractivity (Wildman–Crippen MR) is 46.7 cm³/mol. The fraction of sp³-hybridized carbons (Fsp3) is 0.444. The molecule has 0 aromatic carbocycles. The molecule has 0 heterocycles. The fourth-order valence-corrected chi connectivity index (χ4v) is 0.157. The number of aliphatic hydroxyl groups excluding tert-OH is 1. The zero-order valence-corrected chi connectivity index (χ0v) is 7.88. The monoisotopic (exact) mass is 148 g/mol. The van der Waals surface area contributed by atoms with E-state index >= 15 is 0 Å². The Balaban J connectivity index is -0.000000114. The van der Waals surface area contributed by atoms with Gasteiger partial charge in [0, 0.05) is 0 Å². The van der Waals surface area contributed by atoms with Crippen molar-refractivity contribution in [3.8, 4) is 0 Å². The summed E-state index contributed by atoms with van der Waals surface area (Å²) in [6.45, 7) is 7.68. The number of aliphatic hydroxyl groups is 1. The molecule has 0 atom stereocenters. The Bertz CT molecular complexity index is 77.6. The van der Waals surface area contributed by atoms with E-state index in [2.05, 4.69) is 26.8 Å². The molecule has 0 saturated heterocycles. The smallest absolute Gasteiger partial charge is 0.392 e. The van der Waals surface area contributed by atoms with Crippen molar-refractivity contribution < 1.29 is 24.0 Å². The zero-order chi connectivity index (χ0) is 8.24. The molecule has 0 amide bonds. The van der Waals surface area contributed by atoms with Crippen LogP contribution in [0.25, 0.3) is 0 Å². The molecule has 0 rings (SSSR count). The van der Waals surface area contributed by atoms with Crippen LogP contribution >= 0.6 is 0 Å². The Morgan fingerprint density at radius 2 is 2.00 bits per heavy atom. The minimum Gasteiger partial charge on any atom is -0.392 e. The van der Waals surface area contributed by atoms with E-state index < -0.39 is 0 Å². The van der Waals surface area contributed by atoms with Crippen molar-refractivity contribution in [2.75, 3.05) is 6.61 Å². The molecular formula is C9H17LiO. The Hall–Kier alpha value is 0.0374. The van der Waals surface area contributed by atoms with Crippen molar-refractivity contribution in [2.24, 2.45) is 0 Å². The van der Waals surface area contributed by atoms with E-state index in [0.717, 1.165) is 0 Å². The SMILES string of the molecule is C=C/C=C/CO.C[CH-]CC.[Li+]. The van der Waals surface area contributed by atoms with E-state index in [-0.39, 0.29) is 25.5 Å². The Kier molecular flexibility index (Phi) is 35.2. The average molecular weight is 148 g/mol. The van der Waals surface area contributed by atoms with Gasteiger partial charge in [-0.15, -0.1) is 0 Å². The summed E-state index contributed by atoms with van der Waals surface area (Å²) in [5.41, 5.74) is 0. The van der Waals surface area contributed by atoms with Gasteiger partial charge in [0.15, 0.2) is 0 Å². The van der Waals surface area contributed by atoms with Crippen LogP contribution in [-0.4, -0.2) is 11.7 Å². The van der Waals surface area contributed by atoms with Crippen LogP contribution < -0.4 is 18.9 Å². The second-order valence-electron chi connectivity index (χ2n) is 1.66. The molecular weight excluding hydrogens is 131 g/mol. The summed E-state index contributed by atoms with van der Waals surface area (Å²) in [5.74, 6) is 0. The largest absolute Gasteiger partial charge is 1.00 e. The molecule has 0 radical (unpaired) electrons. The average Bonchev–Trinajstić information content (AvgIpc) is 2.01. The summed E-state index contributed by atoms with van der Waals surface area (Å²) >= 11 is 0. The predicted octanol–water partition coefficient (Wildman–Crippen LogP) is -0.655. The molecule has 1 nitrogen and oxygen atoms in total. The van der Waals surface area contributed by atoms with Gasteiger partial charge in [-0.25, -0.2) is 0 Å². The van der Waals surface area contributed by atoms with Crippen LogP contribution in [0.4, 0.5) is 0 Å². The molecule has 0 aliphatic heterocycles. The van der Waals surface area contributed by atoms with Crippen molar-refractivity contribution in [3.63, 3.8) is 0 Å². The molecule has 0 unspecified atom stereocenters. The molecule has 0 bridgehead atoms. The molecule has 0 spiro atoms. The van der Waals surface area contributed by atoms with Gasteiger partial charge in [0.25, 0.3) is 0 Å². The van der Waals surface area contributed by atoms with E-state index in [1.807, 2.05) is 0 Å². The summed E-state index contributed by atoms with van der Waals surface area (Å²) in [4.78, 5) is 0. The van der Waals surface area contributed by atoms with Crippen LogP contribution in [0.3, 0.4) is 0 Å². The number of hydrogen-bond donors (Lipinski definition) is 1. The standard InChI is InChI=1S/C5H8O.C4H9.Li/c1-2-3-4-5-6;1-3-4-2;/h2-4,6H,1,5H2;3H,4H2,1-2H3;/q;-1;+1/b4-3+;;. The Labute approximate surface area is 82.4 Å². The molecule has 0 aliphatic rings. The van der Waals surface area contributed by atoms with Gasteiger partial charge in [-0.3, -0.25) is 0 Å². The van der Waals surface area contributed by atoms with E-state index in [4.69, 9.17) is 5.11 Å². The van der Waals surface area contributed by atoms with Gasteiger partial charge in [-0.1, -0.05) is 31.7 Å². The van der Waals surface area contributed by atoms with E-state index in [9.17, 15) is 0 Å². The molecule has 0 fully saturated rings. The fourth-order valence-electron chi connectivity index (χ4n) is 0.157. The summed E-state index contributed by atoms with van der Waals surface area (Å²) in [6.07, 6.45) is 8.25.